The quantitative estimate of drug-likeness (QED) is 0.693. The predicted octanol–water partition coefficient (Wildman–Crippen LogP) is 0.701. The van der Waals surface area contributed by atoms with Crippen molar-refractivity contribution < 1.29 is 12.8 Å². The average Bonchev–Trinajstić information content (AvgIpc) is 2.38. The van der Waals surface area contributed by atoms with E-state index < -0.39 is 16.0 Å². The molecule has 0 saturated carbocycles. The second-order valence-corrected chi connectivity index (χ2v) is 6.06. The molecule has 0 aromatic heterocycles. The number of rotatable bonds is 8. The van der Waals surface area contributed by atoms with Crippen LogP contribution in [0, 0.1) is 5.82 Å². The summed E-state index contributed by atoms with van der Waals surface area (Å²) in [6.45, 7) is 1.10. The van der Waals surface area contributed by atoms with Gasteiger partial charge in [-0.3, -0.25) is 0 Å². The molecule has 1 aromatic carbocycles. The number of hydrogen-bond donors (Lipinski definition) is 2. The van der Waals surface area contributed by atoms with Gasteiger partial charge in [-0.15, -0.1) is 0 Å². The summed E-state index contributed by atoms with van der Waals surface area (Å²) >= 11 is 0. The molecule has 5 nitrogen and oxygen atoms in total. The molecular formula is C12H20FN3O2S. The average molecular weight is 289 g/mol. The topological polar surface area (TPSA) is 61.4 Å². The first-order valence-corrected chi connectivity index (χ1v) is 7.50. The van der Waals surface area contributed by atoms with E-state index in [9.17, 15) is 12.8 Å². The van der Waals surface area contributed by atoms with Crippen molar-refractivity contribution in [3.63, 3.8) is 0 Å². The van der Waals surface area contributed by atoms with Crippen molar-refractivity contribution in [2.45, 2.75) is 13.0 Å². The Morgan fingerprint density at radius 1 is 1.32 bits per heavy atom. The molecule has 0 atom stereocenters. The Morgan fingerprint density at radius 2 is 2.00 bits per heavy atom. The van der Waals surface area contributed by atoms with Gasteiger partial charge in [0.15, 0.2) is 0 Å². The summed E-state index contributed by atoms with van der Waals surface area (Å²) in [6.07, 6.45) is 0.716. The Kier molecular flexibility index (Phi) is 6.36. The molecule has 7 heteroatoms. The van der Waals surface area contributed by atoms with E-state index in [0.29, 0.717) is 18.5 Å². The molecule has 108 valence electrons. The Bertz CT molecular complexity index is 494. The smallest absolute Gasteiger partial charge is 0.279 e. The van der Waals surface area contributed by atoms with E-state index in [1.165, 1.54) is 17.4 Å². The van der Waals surface area contributed by atoms with Crippen LogP contribution in [0.25, 0.3) is 0 Å². The second-order valence-electron chi connectivity index (χ2n) is 4.20. The van der Waals surface area contributed by atoms with Crippen LogP contribution in [0.5, 0.6) is 0 Å². The molecule has 1 rings (SSSR count). The highest BCUT2D eigenvalue weighted by Gasteiger charge is 2.16. The number of nitrogens with zero attached hydrogens (tertiary/aromatic N) is 1. The van der Waals surface area contributed by atoms with Crippen LogP contribution in [-0.4, -0.2) is 39.9 Å². The molecule has 0 fully saturated rings. The minimum atomic E-state index is -3.57. The largest absolute Gasteiger partial charge is 0.320 e. The van der Waals surface area contributed by atoms with E-state index in [4.69, 9.17) is 0 Å². The first-order chi connectivity index (χ1) is 8.97. The van der Waals surface area contributed by atoms with E-state index in [1.807, 2.05) is 7.05 Å². The van der Waals surface area contributed by atoms with Crippen molar-refractivity contribution in [2.75, 3.05) is 27.2 Å². The maximum absolute atomic E-state index is 13.4. The van der Waals surface area contributed by atoms with Crippen molar-refractivity contribution in [2.24, 2.45) is 0 Å². The second kappa shape index (κ2) is 7.54. The van der Waals surface area contributed by atoms with Gasteiger partial charge in [0.2, 0.25) is 0 Å². The highest BCUT2D eigenvalue weighted by Crippen LogP contribution is 2.06. The highest BCUT2D eigenvalue weighted by molar-refractivity contribution is 7.87. The zero-order valence-corrected chi connectivity index (χ0v) is 12.0. The van der Waals surface area contributed by atoms with Crippen molar-refractivity contribution in [1.82, 2.24) is 14.3 Å². The highest BCUT2D eigenvalue weighted by atomic mass is 32.2. The monoisotopic (exact) mass is 289 g/mol. The predicted molar refractivity (Wildman–Crippen MR) is 73.3 cm³/mol. The lowest BCUT2D eigenvalue weighted by Gasteiger charge is -2.17. The van der Waals surface area contributed by atoms with E-state index >= 15 is 0 Å². The Balaban J connectivity index is 2.53. The van der Waals surface area contributed by atoms with Crippen LogP contribution in [0.3, 0.4) is 0 Å². The normalized spacial score (nSPS) is 12.0. The van der Waals surface area contributed by atoms with E-state index in [0.717, 1.165) is 6.54 Å². The standard InChI is InChI=1S/C12H20FN3O2S/c1-14-8-5-9-16(2)19(17,18)15-10-11-6-3-4-7-12(11)13/h3-4,6-7,14-15H,5,8-10H2,1-2H3. The van der Waals surface area contributed by atoms with Crippen molar-refractivity contribution in [3.05, 3.63) is 35.6 Å². The van der Waals surface area contributed by atoms with Gasteiger partial charge < -0.3 is 5.32 Å². The summed E-state index contributed by atoms with van der Waals surface area (Å²) < 4.78 is 40.7. The van der Waals surface area contributed by atoms with Gasteiger partial charge in [-0.25, -0.2) is 4.39 Å². The zero-order valence-electron chi connectivity index (χ0n) is 11.2. The zero-order chi connectivity index (χ0) is 14.3. The van der Waals surface area contributed by atoms with Crippen molar-refractivity contribution >= 4 is 10.2 Å². The lowest BCUT2D eigenvalue weighted by molar-refractivity contribution is 0.447. The van der Waals surface area contributed by atoms with Crippen LogP contribution >= 0.6 is 0 Å². The molecule has 0 heterocycles. The third kappa shape index (κ3) is 5.23. The molecule has 0 aliphatic carbocycles. The molecule has 0 amide bonds. The van der Waals surface area contributed by atoms with Gasteiger partial charge in [-0.2, -0.15) is 17.4 Å². The number of nitrogens with one attached hydrogen (secondary N) is 2. The van der Waals surface area contributed by atoms with Crippen molar-refractivity contribution in [1.29, 1.82) is 0 Å². The van der Waals surface area contributed by atoms with Gasteiger partial charge in [0, 0.05) is 25.7 Å². The molecule has 0 aliphatic rings. The Hall–Kier alpha value is -1.02. The summed E-state index contributed by atoms with van der Waals surface area (Å²) in [7, 11) is -0.257. The molecule has 0 saturated heterocycles. The molecule has 19 heavy (non-hydrogen) atoms. The van der Waals surface area contributed by atoms with Gasteiger partial charge in [0.05, 0.1) is 0 Å². The number of benzene rings is 1. The molecule has 0 bridgehead atoms. The van der Waals surface area contributed by atoms with Crippen LogP contribution < -0.4 is 10.0 Å². The lowest BCUT2D eigenvalue weighted by Crippen LogP contribution is -2.39. The van der Waals surface area contributed by atoms with Crippen LogP contribution in [-0.2, 0) is 16.8 Å². The van der Waals surface area contributed by atoms with Crippen LogP contribution in [0.1, 0.15) is 12.0 Å². The SMILES string of the molecule is CNCCCN(C)S(=O)(=O)NCc1ccccc1F. The van der Waals surface area contributed by atoms with Gasteiger partial charge in [0.25, 0.3) is 10.2 Å². The third-order valence-corrected chi connectivity index (χ3v) is 4.23. The fraction of sp³-hybridized carbons (Fsp3) is 0.500. The maximum Gasteiger partial charge on any atom is 0.279 e. The Labute approximate surface area is 114 Å². The Morgan fingerprint density at radius 3 is 2.63 bits per heavy atom. The molecule has 0 unspecified atom stereocenters. The van der Waals surface area contributed by atoms with Crippen LogP contribution in [0.15, 0.2) is 24.3 Å². The van der Waals surface area contributed by atoms with Gasteiger partial charge >= 0.3 is 0 Å². The molecule has 0 spiro atoms. The van der Waals surface area contributed by atoms with Crippen LogP contribution in [0.2, 0.25) is 0 Å². The van der Waals surface area contributed by atoms with Crippen molar-refractivity contribution in [3.8, 4) is 0 Å². The molecule has 0 aliphatic heterocycles. The minimum Gasteiger partial charge on any atom is -0.320 e. The lowest BCUT2D eigenvalue weighted by atomic mass is 10.2. The molecule has 2 N–H and O–H groups in total. The molecule has 1 aromatic rings. The molecule has 0 radical (unpaired) electrons. The van der Waals surface area contributed by atoms with Gasteiger partial charge in [-0.1, -0.05) is 18.2 Å². The van der Waals surface area contributed by atoms with E-state index in [2.05, 4.69) is 10.0 Å². The summed E-state index contributed by atoms with van der Waals surface area (Å²) in [5, 5.41) is 2.95. The number of hydrogen-bond acceptors (Lipinski definition) is 3. The summed E-state index contributed by atoms with van der Waals surface area (Å²) in [5.41, 5.74) is 0.328. The first-order valence-electron chi connectivity index (χ1n) is 6.06. The fourth-order valence-corrected chi connectivity index (χ4v) is 2.45. The summed E-state index contributed by atoms with van der Waals surface area (Å²) in [4.78, 5) is 0. The van der Waals surface area contributed by atoms with Gasteiger partial charge in [-0.05, 0) is 26.1 Å². The first kappa shape index (κ1) is 16.0. The van der Waals surface area contributed by atoms with E-state index in [-0.39, 0.29) is 6.54 Å². The third-order valence-electron chi connectivity index (χ3n) is 2.71. The van der Waals surface area contributed by atoms with E-state index in [1.54, 1.807) is 18.2 Å². The molecular weight excluding hydrogens is 269 g/mol. The maximum atomic E-state index is 13.4. The summed E-state index contributed by atoms with van der Waals surface area (Å²) in [6, 6.07) is 6.10. The minimum absolute atomic E-state index is 0.0502. The van der Waals surface area contributed by atoms with Gasteiger partial charge in [0.1, 0.15) is 5.82 Å². The van der Waals surface area contributed by atoms with Crippen LogP contribution in [0.4, 0.5) is 4.39 Å². The fourth-order valence-electron chi connectivity index (χ4n) is 1.52. The summed E-state index contributed by atoms with van der Waals surface area (Å²) in [5.74, 6) is -0.414. The number of halogens is 1.